The number of hydrogen-bond acceptors (Lipinski definition) is 5. The van der Waals surface area contributed by atoms with Gasteiger partial charge in [-0.25, -0.2) is 13.5 Å². The fraction of sp³-hybridized carbons (Fsp3) is 0.286. The maximum absolute atomic E-state index is 13.5. The number of nitrogens with one attached hydrogen (secondary N) is 1. The van der Waals surface area contributed by atoms with Crippen LogP contribution in [0.2, 0.25) is 0 Å². The number of para-hydroxylation sites is 1. The Labute approximate surface area is 172 Å². The first-order valence-electron chi connectivity index (χ1n) is 9.67. The van der Waals surface area contributed by atoms with Crippen LogP contribution in [0.1, 0.15) is 18.9 Å². The molecule has 156 valence electrons. The Balaban J connectivity index is 1.55. The molecule has 7 nitrogen and oxygen atoms in total. The average Bonchev–Trinajstić information content (AvgIpc) is 3.22. The summed E-state index contributed by atoms with van der Waals surface area (Å²) >= 11 is 0. The number of rotatable bonds is 5. The van der Waals surface area contributed by atoms with Crippen LogP contribution in [-0.4, -0.2) is 51.8 Å². The van der Waals surface area contributed by atoms with Crippen molar-refractivity contribution in [1.29, 1.82) is 0 Å². The minimum Gasteiger partial charge on any atom is -0.368 e. The van der Waals surface area contributed by atoms with Crippen molar-refractivity contribution >= 4 is 23.2 Å². The molecule has 30 heavy (non-hydrogen) atoms. The molecule has 1 saturated heterocycles. The molecular weight excluding hydrogens is 390 g/mol. The highest BCUT2D eigenvalue weighted by Gasteiger charge is 2.21. The summed E-state index contributed by atoms with van der Waals surface area (Å²) in [6.45, 7) is 3.86. The second kappa shape index (κ2) is 8.48. The lowest BCUT2D eigenvalue weighted by atomic mass is 10.1. The third-order valence-corrected chi connectivity index (χ3v) is 5.05. The highest BCUT2D eigenvalue weighted by Crippen LogP contribution is 2.30. The summed E-state index contributed by atoms with van der Waals surface area (Å²) in [5.74, 6) is 0.344. The molecule has 1 amide bonds. The van der Waals surface area contributed by atoms with E-state index in [1.807, 2.05) is 35.2 Å². The third kappa shape index (κ3) is 4.40. The van der Waals surface area contributed by atoms with Crippen LogP contribution in [0.4, 0.5) is 26.1 Å². The molecule has 0 saturated carbocycles. The number of nitrogens with zero attached hydrogens (tertiary/aromatic N) is 5. The second-order valence-electron chi connectivity index (χ2n) is 7.08. The normalized spacial score (nSPS) is 14.3. The van der Waals surface area contributed by atoms with E-state index >= 15 is 0 Å². The van der Waals surface area contributed by atoms with Crippen LogP contribution in [0.15, 0.2) is 54.9 Å². The van der Waals surface area contributed by atoms with Gasteiger partial charge in [-0.1, -0.05) is 18.2 Å². The van der Waals surface area contributed by atoms with Gasteiger partial charge in [0.1, 0.15) is 6.33 Å². The highest BCUT2D eigenvalue weighted by atomic mass is 19.3. The molecule has 0 spiro atoms. The number of piperazine rings is 1. The van der Waals surface area contributed by atoms with E-state index in [-0.39, 0.29) is 11.5 Å². The minimum absolute atomic E-state index is 0.0263. The van der Waals surface area contributed by atoms with Gasteiger partial charge in [0.2, 0.25) is 11.9 Å². The molecule has 1 aromatic heterocycles. The molecule has 1 aliphatic rings. The van der Waals surface area contributed by atoms with Crippen LogP contribution in [0.25, 0.3) is 5.69 Å². The van der Waals surface area contributed by atoms with E-state index in [0.717, 1.165) is 5.69 Å². The molecular formula is C21H22F2N6O. The number of carbonyl (C=O) groups excluding carboxylic acids is 1. The molecule has 2 heterocycles. The summed E-state index contributed by atoms with van der Waals surface area (Å²) in [4.78, 5) is 19.5. The SMILES string of the molecule is CC(=O)N1CCN(c2cc(Nc3ncn(-c4ccccc4)n3)cc(C(F)F)c2)CC1. The molecule has 0 aliphatic carbocycles. The molecule has 1 fully saturated rings. The molecule has 0 atom stereocenters. The van der Waals surface area contributed by atoms with Gasteiger partial charge in [-0.05, 0) is 30.3 Å². The quantitative estimate of drug-likeness (QED) is 0.694. The summed E-state index contributed by atoms with van der Waals surface area (Å²) in [6.07, 6.45) is -1.03. The molecule has 1 N–H and O–H groups in total. The summed E-state index contributed by atoms with van der Waals surface area (Å²) in [5, 5.41) is 7.40. The number of alkyl halides is 2. The Morgan fingerprint density at radius 1 is 1.03 bits per heavy atom. The Hall–Kier alpha value is -3.49. The number of aromatic nitrogens is 3. The third-order valence-electron chi connectivity index (χ3n) is 5.05. The molecule has 0 unspecified atom stereocenters. The summed E-state index contributed by atoms with van der Waals surface area (Å²) < 4.78 is 28.6. The van der Waals surface area contributed by atoms with Crippen LogP contribution in [0.3, 0.4) is 0 Å². The fourth-order valence-corrected chi connectivity index (χ4v) is 3.45. The van der Waals surface area contributed by atoms with Crippen molar-refractivity contribution in [2.75, 3.05) is 36.4 Å². The average molecular weight is 412 g/mol. The number of carbonyl (C=O) groups is 1. The first-order chi connectivity index (χ1) is 14.5. The number of hydrogen-bond donors (Lipinski definition) is 1. The molecule has 9 heteroatoms. The van der Waals surface area contributed by atoms with Crippen molar-refractivity contribution in [3.63, 3.8) is 0 Å². The molecule has 0 radical (unpaired) electrons. The van der Waals surface area contributed by atoms with Crippen LogP contribution in [0.5, 0.6) is 0 Å². The molecule has 0 bridgehead atoms. The topological polar surface area (TPSA) is 66.3 Å². The van der Waals surface area contributed by atoms with Crippen LogP contribution in [-0.2, 0) is 4.79 Å². The van der Waals surface area contributed by atoms with Crippen LogP contribution >= 0.6 is 0 Å². The Bertz CT molecular complexity index is 1020. The van der Waals surface area contributed by atoms with Crippen molar-refractivity contribution in [3.05, 3.63) is 60.4 Å². The molecule has 2 aromatic carbocycles. The van der Waals surface area contributed by atoms with Crippen molar-refractivity contribution in [1.82, 2.24) is 19.7 Å². The van der Waals surface area contributed by atoms with E-state index in [0.29, 0.717) is 43.5 Å². The van der Waals surface area contributed by atoms with E-state index in [9.17, 15) is 13.6 Å². The summed E-state index contributed by atoms with van der Waals surface area (Å²) in [6, 6.07) is 14.2. The number of halogens is 2. The minimum atomic E-state index is -2.60. The smallest absolute Gasteiger partial charge is 0.263 e. The van der Waals surface area contributed by atoms with Gasteiger partial charge in [-0.2, -0.15) is 4.98 Å². The fourth-order valence-electron chi connectivity index (χ4n) is 3.45. The van der Waals surface area contributed by atoms with E-state index in [1.165, 1.54) is 19.1 Å². The van der Waals surface area contributed by atoms with E-state index in [1.54, 1.807) is 22.0 Å². The first kappa shape index (κ1) is 19.8. The van der Waals surface area contributed by atoms with Gasteiger partial charge in [0.15, 0.2) is 0 Å². The lowest BCUT2D eigenvalue weighted by Gasteiger charge is -2.36. The zero-order valence-corrected chi connectivity index (χ0v) is 16.5. The van der Waals surface area contributed by atoms with Gasteiger partial charge in [-0.3, -0.25) is 4.79 Å². The lowest BCUT2D eigenvalue weighted by Crippen LogP contribution is -2.48. The van der Waals surface area contributed by atoms with E-state index in [2.05, 4.69) is 15.4 Å². The zero-order chi connectivity index (χ0) is 21.1. The lowest BCUT2D eigenvalue weighted by molar-refractivity contribution is -0.129. The molecule has 4 rings (SSSR count). The van der Waals surface area contributed by atoms with Gasteiger partial charge in [0, 0.05) is 50.0 Å². The van der Waals surface area contributed by atoms with Gasteiger partial charge in [0.25, 0.3) is 6.43 Å². The maximum Gasteiger partial charge on any atom is 0.263 e. The van der Waals surface area contributed by atoms with E-state index < -0.39 is 6.43 Å². The molecule has 3 aromatic rings. The molecule has 1 aliphatic heterocycles. The first-order valence-corrected chi connectivity index (χ1v) is 9.67. The largest absolute Gasteiger partial charge is 0.368 e. The second-order valence-corrected chi connectivity index (χ2v) is 7.08. The van der Waals surface area contributed by atoms with Crippen molar-refractivity contribution in [2.45, 2.75) is 13.3 Å². The monoisotopic (exact) mass is 412 g/mol. The standard InChI is InChI=1S/C21H22F2N6O/c1-15(30)27-7-9-28(10-8-27)19-12-16(20(22)23)11-17(13-19)25-21-24-14-29(26-21)18-5-3-2-4-6-18/h2-6,11-14,20H,7-10H2,1H3,(H,25,26). The Kier molecular flexibility index (Phi) is 5.60. The van der Waals surface area contributed by atoms with Crippen LogP contribution in [0, 0.1) is 0 Å². The van der Waals surface area contributed by atoms with Gasteiger partial charge in [-0.15, -0.1) is 5.10 Å². The number of amides is 1. The Morgan fingerprint density at radius 3 is 2.43 bits per heavy atom. The summed E-state index contributed by atoms with van der Waals surface area (Å²) in [5.41, 5.74) is 1.94. The number of anilines is 3. The van der Waals surface area contributed by atoms with Crippen LogP contribution < -0.4 is 10.2 Å². The zero-order valence-electron chi connectivity index (χ0n) is 16.5. The van der Waals surface area contributed by atoms with Gasteiger partial charge in [0.05, 0.1) is 5.69 Å². The Morgan fingerprint density at radius 2 is 1.77 bits per heavy atom. The predicted molar refractivity (Wildman–Crippen MR) is 111 cm³/mol. The maximum atomic E-state index is 13.5. The van der Waals surface area contributed by atoms with Crippen molar-refractivity contribution < 1.29 is 13.6 Å². The van der Waals surface area contributed by atoms with Gasteiger partial charge < -0.3 is 15.1 Å². The highest BCUT2D eigenvalue weighted by molar-refractivity contribution is 5.73. The summed E-state index contributed by atoms with van der Waals surface area (Å²) in [7, 11) is 0. The van der Waals surface area contributed by atoms with Crippen molar-refractivity contribution in [2.24, 2.45) is 0 Å². The predicted octanol–water partition coefficient (Wildman–Crippen LogP) is 3.62. The number of benzene rings is 2. The van der Waals surface area contributed by atoms with Gasteiger partial charge >= 0.3 is 0 Å². The van der Waals surface area contributed by atoms with E-state index in [4.69, 9.17) is 0 Å². The van der Waals surface area contributed by atoms with Crippen molar-refractivity contribution in [3.8, 4) is 5.69 Å².